The third kappa shape index (κ3) is 7.11. The van der Waals surface area contributed by atoms with E-state index >= 15 is 0 Å². The van der Waals surface area contributed by atoms with Crippen molar-refractivity contribution < 1.29 is 0 Å². The summed E-state index contributed by atoms with van der Waals surface area (Å²) >= 11 is 0. The highest BCUT2D eigenvalue weighted by molar-refractivity contribution is 4.92. The fourth-order valence-corrected chi connectivity index (χ4v) is 3.79. The first-order valence-corrected chi connectivity index (χ1v) is 9.09. The van der Waals surface area contributed by atoms with Crippen LogP contribution >= 0.6 is 0 Å². The van der Waals surface area contributed by atoms with Gasteiger partial charge in [0.05, 0.1) is 0 Å². The maximum atomic E-state index is 2.80. The molecule has 0 fully saturated rings. The highest BCUT2D eigenvalue weighted by atomic mass is 15.2. The Morgan fingerprint density at radius 3 is 1.45 bits per heavy atom. The summed E-state index contributed by atoms with van der Waals surface area (Å²) in [5.41, 5.74) is 0.663. The third-order valence-corrected chi connectivity index (χ3v) is 4.67. The standard InChI is InChI=1S/C19H41N/c1-8-11-12-13-14-17-20(18(4,5)15-9-2)19(6,7)16-10-3/h8-17H2,1-7H3. The van der Waals surface area contributed by atoms with Crippen LogP contribution in [0.3, 0.4) is 0 Å². The van der Waals surface area contributed by atoms with Crippen LogP contribution in [-0.2, 0) is 0 Å². The maximum Gasteiger partial charge on any atom is 0.0158 e. The van der Waals surface area contributed by atoms with Crippen LogP contribution in [0.1, 0.15) is 106 Å². The summed E-state index contributed by atoms with van der Waals surface area (Å²) in [5.74, 6) is 0. The smallest absolute Gasteiger partial charge is 0.0158 e. The van der Waals surface area contributed by atoms with Gasteiger partial charge in [-0.05, 0) is 53.5 Å². The van der Waals surface area contributed by atoms with Gasteiger partial charge in [0.25, 0.3) is 0 Å². The molecule has 0 aliphatic heterocycles. The average Bonchev–Trinajstić information content (AvgIpc) is 2.32. The van der Waals surface area contributed by atoms with Gasteiger partial charge in [-0.25, -0.2) is 0 Å². The van der Waals surface area contributed by atoms with Crippen molar-refractivity contribution in [2.24, 2.45) is 0 Å². The molecule has 0 saturated heterocycles. The number of hydrogen-bond donors (Lipinski definition) is 0. The van der Waals surface area contributed by atoms with E-state index in [2.05, 4.69) is 53.4 Å². The Morgan fingerprint density at radius 1 is 0.600 bits per heavy atom. The van der Waals surface area contributed by atoms with E-state index in [1.54, 1.807) is 0 Å². The molecule has 0 saturated carbocycles. The van der Waals surface area contributed by atoms with Crippen LogP contribution in [0.2, 0.25) is 0 Å². The number of hydrogen-bond acceptors (Lipinski definition) is 1. The first-order chi connectivity index (χ1) is 9.31. The highest BCUT2D eigenvalue weighted by Crippen LogP contribution is 2.32. The molecule has 0 unspecified atom stereocenters. The molecule has 0 spiro atoms. The van der Waals surface area contributed by atoms with Crippen LogP contribution in [0.15, 0.2) is 0 Å². The van der Waals surface area contributed by atoms with Crippen molar-refractivity contribution in [1.29, 1.82) is 0 Å². The Balaban J connectivity index is 4.63. The topological polar surface area (TPSA) is 3.24 Å². The van der Waals surface area contributed by atoms with Crippen molar-refractivity contribution in [3.63, 3.8) is 0 Å². The van der Waals surface area contributed by atoms with Crippen molar-refractivity contribution in [1.82, 2.24) is 4.90 Å². The lowest BCUT2D eigenvalue weighted by Gasteiger charge is -2.49. The molecule has 0 aliphatic rings. The molecule has 0 rings (SSSR count). The van der Waals surface area contributed by atoms with Gasteiger partial charge < -0.3 is 0 Å². The van der Waals surface area contributed by atoms with Gasteiger partial charge in [0, 0.05) is 11.1 Å². The second-order valence-corrected chi connectivity index (χ2v) is 7.69. The summed E-state index contributed by atoms with van der Waals surface area (Å²) in [6.07, 6.45) is 12.1. The molecule has 0 aromatic heterocycles. The van der Waals surface area contributed by atoms with E-state index in [-0.39, 0.29) is 0 Å². The number of unbranched alkanes of at least 4 members (excludes halogenated alkanes) is 4. The molecule has 1 heteroatoms. The van der Waals surface area contributed by atoms with E-state index in [1.165, 1.54) is 64.3 Å². The molecule has 0 N–H and O–H groups in total. The molecule has 0 amide bonds. The average molecular weight is 284 g/mol. The predicted octanol–water partition coefficient (Wildman–Crippen LogP) is 6.42. The molecule has 0 aromatic carbocycles. The van der Waals surface area contributed by atoms with Crippen LogP contribution in [0.5, 0.6) is 0 Å². The fraction of sp³-hybridized carbons (Fsp3) is 1.00. The molecular formula is C19H41N. The third-order valence-electron chi connectivity index (χ3n) is 4.67. The Kier molecular flexibility index (Phi) is 9.80. The molecule has 0 heterocycles. The van der Waals surface area contributed by atoms with Gasteiger partial charge in [-0.15, -0.1) is 0 Å². The second kappa shape index (κ2) is 9.82. The molecule has 122 valence electrons. The second-order valence-electron chi connectivity index (χ2n) is 7.69. The van der Waals surface area contributed by atoms with Crippen LogP contribution in [0.25, 0.3) is 0 Å². The summed E-state index contributed by atoms with van der Waals surface area (Å²) in [5, 5.41) is 0. The Labute approximate surface area is 129 Å². The monoisotopic (exact) mass is 283 g/mol. The summed E-state index contributed by atoms with van der Waals surface area (Å²) in [6, 6.07) is 0. The van der Waals surface area contributed by atoms with E-state index in [1.807, 2.05) is 0 Å². The molecule has 20 heavy (non-hydrogen) atoms. The highest BCUT2D eigenvalue weighted by Gasteiger charge is 2.35. The van der Waals surface area contributed by atoms with Crippen molar-refractivity contribution in [3.05, 3.63) is 0 Å². The predicted molar refractivity (Wildman–Crippen MR) is 93.4 cm³/mol. The summed E-state index contributed by atoms with van der Waals surface area (Å²) in [7, 11) is 0. The van der Waals surface area contributed by atoms with Gasteiger partial charge in [-0.1, -0.05) is 59.3 Å². The lowest BCUT2D eigenvalue weighted by Crippen LogP contribution is -2.55. The SMILES string of the molecule is CCCCCCCN(C(C)(C)CCC)C(C)(C)CCC. The molecule has 0 aliphatic carbocycles. The van der Waals surface area contributed by atoms with Crippen LogP contribution in [-0.4, -0.2) is 22.5 Å². The Bertz CT molecular complexity index is 212. The number of nitrogens with zero attached hydrogens (tertiary/aromatic N) is 1. The fourth-order valence-electron chi connectivity index (χ4n) is 3.79. The summed E-state index contributed by atoms with van der Waals surface area (Å²) in [6.45, 7) is 18.0. The van der Waals surface area contributed by atoms with Gasteiger partial charge in [0.15, 0.2) is 0 Å². The zero-order valence-electron chi connectivity index (χ0n) is 15.5. The van der Waals surface area contributed by atoms with Crippen LogP contribution < -0.4 is 0 Å². The Morgan fingerprint density at radius 2 is 1.05 bits per heavy atom. The quantitative estimate of drug-likeness (QED) is 0.374. The molecule has 0 aromatic rings. The van der Waals surface area contributed by atoms with E-state index in [0.29, 0.717) is 11.1 Å². The van der Waals surface area contributed by atoms with E-state index in [0.717, 1.165) is 0 Å². The first-order valence-electron chi connectivity index (χ1n) is 9.09. The zero-order valence-corrected chi connectivity index (χ0v) is 15.5. The largest absolute Gasteiger partial charge is 0.293 e. The molecule has 0 radical (unpaired) electrons. The van der Waals surface area contributed by atoms with Gasteiger partial charge >= 0.3 is 0 Å². The van der Waals surface area contributed by atoms with Crippen LogP contribution in [0, 0.1) is 0 Å². The normalized spacial score (nSPS) is 13.2. The molecule has 1 nitrogen and oxygen atoms in total. The lowest BCUT2D eigenvalue weighted by atomic mass is 9.86. The summed E-state index contributed by atoms with van der Waals surface area (Å²) in [4.78, 5) is 2.80. The van der Waals surface area contributed by atoms with E-state index in [9.17, 15) is 0 Å². The molecule has 0 atom stereocenters. The minimum Gasteiger partial charge on any atom is -0.293 e. The molecular weight excluding hydrogens is 242 g/mol. The van der Waals surface area contributed by atoms with Crippen molar-refractivity contribution >= 4 is 0 Å². The minimum absolute atomic E-state index is 0.332. The maximum absolute atomic E-state index is 2.80. The van der Waals surface area contributed by atoms with Gasteiger partial charge in [-0.3, -0.25) is 4.90 Å². The summed E-state index contributed by atoms with van der Waals surface area (Å²) < 4.78 is 0. The minimum atomic E-state index is 0.332. The van der Waals surface area contributed by atoms with Gasteiger partial charge in [0.2, 0.25) is 0 Å². The van der Waals surface area contributed by atoms with Crippen molar-refractivity contribution in [2.45, 2.75) is 117 Å². The molecule has 0 bridgehead atoms. The lowest BCUT2D eigenvalue weighted by molar-refractivity contribution is 0.00352. The number of rotatable bonds is 12. The first kappa shape index (κ1) is 20.0. The van der Waals surface area contributed by atoms with Crippen LogP contribution in [0.4, 0.5) is 0 Å². The van der Waals surface area contributed by atoms with Gasteiger partial charge in [-0.2, -0.15) is 0 Å². The van der Waals surface area contributed by atoms with Crippen molar-refractivity contribution in [2.75, 3.05) is 6.54 Å². The zero-order chi connectivity index (χ0) is 15.6. The Hall–Kier alpha value is -0.0400. The van der Waals surface area contributed by atoms with E-state index in [4.69, 9.17) is 0 Å². The van der Waals surface area contributed by atoms with E-state index < -0.39 is 0 Å². The van der Waals surface area contributed by atoms with Crippen molar-refractivity contribution in [3.8, 4) is 0 Å². The van der Waals surface area contributed by atoms with Gasteiger partial charge in [0.1, 0.15) is 0 Å².